The van der Waals surface area contributed by atoms with E-state index in [0.29, 0.717) is 28.0 Å². The van der Waals surface area contributed by atoms with Gasteiger partial charge in [-0.25, -0.2) is 14.6 Å². The first-order valence-electron chi connectivity index (χ1n) is 12.0. The summed E-state index contributed by atoms with van der Waals surface area (Å²) in [6.45, 7) is 12.1. The number of hydrogen-bond acceptors (Lipinski definition) is 5. The third-order valence-corrected chi connectivity index (χ3v) is 8.12. The van der Waals surface area contributed by atoms with Gasteiger partial charge in [0.2, 0.25) is 0 Å². The van der Waals surface area contributed by atoms with Crippen molar-refractivity contribution in [2.45, 2.75) is 65.1 Å². The zero-order valence-electron chi connectivity index (χ0n) is 19.8. The zero-order chi connectivity index (χ0) is 23.3. The molecule has 4 atom stereocenters. The molecule has 2 aromatic heterocycles. The minimum atomic E-state index is -0.0863. The Morgan fingerprint density at radius 2 is 1.94 bits per heavy atom. The van der Waals surface area contributed by atoms with E-state index in [2.05, 4.69) is 30.6 Å². The van der Waals surface area contributed by atoms with Crippen LogP contribution in [0.3, 0.4) is 0 Å². The Morgan fingerprint density at radius 1 is 1.12 bits per heavy atom. The van der Waals surface area contributed by atoms with E-state index in [1.807, 2.05) is 29.9 Å². The fraction of sp³-hybridized carbons (Fsp3) is 0.560. The molecule has 2 aliphatic heterocycles. The van der Waals surface area contributed by atoms with Crippen molar-refractivity contribution in [2.75, 3.05) is 24.5 Å². The standard InChI is InChI=1S/C25H32Cl2N6/c1-15-14-31(11-9-22(15)32-10-5-6-16(32)2)23-13-28-24-17(3)30-33(25(24)29-23)18(4)20-8-7-19(26)12-21(20)27/h7-8,12-13,15-16,18,22H,5-6,9-11,14H2,1-4H3/t15-,16-,18?,22?/m1/s1. The van der Waals surface area contributed by atoms with E-state index in [4.69, 9.17) is 38.3 Å². The summed E-state index contributed by atoms with van der Waals surface area (Å²) < 4.78 is 1.94. The number of nitrogens with zero attached hydrogens (tertiary/aromatic N) is 6. The molecule has 0 N–H and O–H groups in total. The van der Waals surface area contributed by atoms with Crippen molar-refractivity contribution in [1.29, 1.82) is 0 Å². The molecule has 2 unspecified atom stereocenters. The summed E-state index contributed by atoms with van der Waals surface area (Å²) in [4.78, 5) is 15.0. The van der Waals surface area contributed by atoms with Crippen LogP contribution in [0.1, 0.15) is 57.3 Å². The molecule has 176 valence electrons. The van der Waals surface area contributed by atoms with Gasteiger partial charge in [0.1, 0.15) is 11.3 Å². The van der Waals surface area contributed by atoms with Gasteiger partial charge >= 0.3 is 0 Å². The first-order valence-corrected chi connectivity index (χ1v) is 12.8. The Kier molecular flexibility index (Phi) is 6.27. The highest BCUT2D eigenvalue weighted by atomic mass is 35.5. The average molecular weight is 487 g/mol. The summed E-state index contributed by atoms with van der Waals surface area (Å²) in [5.41, 5.74) is 3.47. The molecule has 0 amide bonds. The Hall–Kier alpha value is -1.89. The van der Waals surface area contributed by atoms with E-state index in [1.54, 1.807) is 6.07 Å². The predicted molar refractivity (Wildman–Crippen MR) is 136 cm³/mol. The minimum Gasteiger partial charge on any atom is -0.355 e. The van der Waals surface area contributed by atoms with Crippen molar-refractivity contribution < 1.29 is 0 Å². The van der Waals surface area contributed by atoms with Crippen molar-refractivity contribution in [1.82, 2.24) is 24.6 Å². The first-order chi connectivity index (χ1) is 15.8. The van der Waals surface area contributed by atoms with Gasteiger partial charge in [-0.15, -0.1) is 0 Å². The monoisotopic (exact) mass is 486 g/mol. The molecule has 2 aliphatic rings. The number of rotatable bonds is 4. The molecular weight excluding hydrogens is 455 g/mol. The van der Waals surface area contributed by atoms with Crippen LogP contribution in [0.15, 0.2) is 24.4 Å². The third-order valence-electron chi connectivity index (χ3n) is 7.55. The molecule has 8 heteroatoms. The van der Waals surface area contributed by atoms with Crippen molar-refractivity contribution in [2.24, 2.45) is 5.92 Å². The molecule has 0 radical (unpaired) electrons. The van der Waals surface area contributed by atoms with Crippen LogP contribution in [-0.2, 0) is 0 Å². The Bertz CT molecular complexity index is 1160. The maximum atomic E-state index is 6.51. The molecule has 33 heavy (non-hydrogen) atoms. The quantitative estimate of drug-likeness (QED) is 0.469. The van der Waals surface area contributed by atoms with Gasteiger partial charge in [-0.05, 0) is 70.2 Å². The molecule has 5 rings (SSSR count). The number of likely N-dealkylation sites (tertiary alicyclic amines) is 1. The lowest BCUT2D eigenvalue weighted by Gasteiger charge is -2.43. The van der Waals surface area contributed by atoms with Crippen LogP contribution >= 0.6 is 23.2 Å². The summed E-state index contributed by atoms with van der Waals surface area (Å²) in [7, 11) is 0. The number of anilines is 1. The summed E-state index contributed by atoms with van der Waals surface area (Å²) >= 11 is 12.6. The van der Waals surface area contributed by atoms with Crippen LogP contribution in [0.25, 0.3) is 11.2 Å². The molecule has 0 bridgehead atoms. The topological polar surface area (TPSA) is 50.1 Å². The van der Waals surface area contributed by atoms with Crippen molar-refractivity contribution in [3.8, 4) is 0 Å². The second-order valence-corrected chi connectivity index (χ2v) is 10.6. The Balaban J connectivity index is 1.43. The summed E-state index contributed by atoms with van der Waals surface area (Å²) in [5, 5.41) is 6.04. The van der Waals surface area contributed by atoms with Gasteiger partial charge in [-0.2, -0.15) is 5.10 Å². The number of benzene rings is 1. The van der Waals surface area contributed by atoms with Crippen LogP contribution in [-0.4, -0.2) is 56.4 Å². The molecule has 0 saturated carbocycles. The molecule has 2 saturated heterocycles. The van der Waals surface area contributed by atoms with Crippen LogP contribution in [0.4, 0.5) is 5.82 Å². The average Bonchev–Trinajstić information content (AvgIpc) is 3.36. The van der Waals surface area contributed by atoms with Crippen molar-refractivity contribution >= 4 is 40.2 Å². The number of hydrogen-bond donors (Lipinski definition) is 0. The number of fused-ring (bicyclic) bond motifs is 1. The van der Waals surface area contributed by atoms with Gasteiger partial charge in [0.15, 0.2) is 5.65 Å². The van der Waals surface area contributed by atoms with Crippen molar-refractivity contribution in [3.63, 3.8) is 0 Å². The lowest BCUT2D eigenvalue weighted by atomic mass is 9.92. The fourth-order valence-electron chi connectivity index (χ4n) is 5.72. The first kappa shape index (κ1) is 22.9. The molecule has 0 spiro atoms. The Morgan fingerprint density at radius 3 is 2.64 bits per heavy atom. The molecule has 1 aromatic carbocycles. The molecular formula is C25H32Cl2N6. The largest absolute Gasteiger partial charge is 0.355 e. The molecule has 2 fully saturated rings. The van der Waals surface area contributed by atoms with E-state index >= 15 is 0 Å². The molecule has 0 aliphatic carbocycles. The maximum absolute atomic E-state index is 6.51. The molecule has 4 heterocycles. The summed E-state index contributed by atoms with van der Waals surface area (Å²) in [6, 6.07) is 6.88. The second kappa shape index (κ2) is 9.05. The van der Waals surface area contributed by atoms with E-state index in [9.17, 15) is 0 Å². The van der Waals surface area contributed by atoms with Crippen LogP contribution in [0.2, 0.25) is 10.0 Å². The molecule has 6 nitrogen and oxygen atoms in total. The highest BCUT2D eigenvalue weighted by molar-refractivity contribution is 6.35. The maximum Gasteiger partial charge on any atom is 0.179 e. The van der Waals surface area contributed by atoms with Crippen LogP contribution < -0.4 is 4.90 Å². The Labute approximate surface area is 205 Å². The van der Waals surface area contributed by atoms with Crippen LogP contribution in [0, 0.1) is 12.8 Å². The van der Waals surface area contributed by atoms with Crippen molar-refractivity contribution in [3.05, 3.63) is 45.7 Å². The van der Waals surface area contributed by atoms with E-state index < -0.39 is 0 Å². The van der Waals surface area contributed by atoms with Gasteiger partial charge in [0.25, 0.3) is 0 Å². The number of aryl methyl sites for hydroxylation is 1. The summed E-state index contributed by atoms with van der Waals surface area (Å²) in [6.07, 6.45) is 5.73. The smallest absolute Gasteiger partial charge is 0.179 e. The van der Waals surface area contributed by atoms with Gasteiger partial charge < -0.3 is 4.90 Å². The SMILES string of the molecule is Cc1nn(C(C)c2ccc(Cl)cc2Cl)c2nc(N3CCC(N4CCC[C@H]4C)[C@H](C)C3)cnc12. The normalized spacial score (nSPS) is 25.2. The zero-order valence-corrected chi connectivity index (χ0v) is 21.3. The predicted octanol–water partition coefficient (Wildman–Crippen LogP) is 5.75. The van der Waals surface area contributed by atoms with E-state index in [1.165, 1.54) is 25.8 Å². The highest BCUT2D eigenvalue weighted by Crippen LogP contribution is 2.33. The van der Waals surface area contributed by atoms with E-state index in [-0.39, 0.29) is 6.04 Å². The summed E-state index contributed by atoms with van der Waals surface area (Å²) in [5.74, 6) is 1.52. The van der Waals surface area contributed by atoms with Crippen LogP contribution in [0.5, 0.6) is 0 Å². The minimum absolute atomic E-state index is 0.0863. The number of aromatic nitrogens is 4. The lowest BCUT2D eigenvalue weighted by molar-refractivity contribution is 0.122. The van der Waals surface area contributed by atoms with Gasteiger partial charge in [0, 0.05) is 35.2 Å². The van der Waals surface area contributed by atoms with Gasteiger partial charge in [0.05, 0.1) is 17.9 Å². The third kappa shape index (κ3) is 4.22. The lowest BCUT2D eigenvalue weighted by Crippen LogP contribution is -2.51. The number of piperidine rings is 1. The number of halogens is 2. The van der Waals surface area contributed by atoms with E-state index in [0.717, 1.165) is 41.3 Å². The fourth-order valence-corrected chi connectivity index (χ4v) is 6.28. The molecule has 3 aromatic rings. The van der Waals surface area contributed by atoms with Gasteiger partial charge in [-0.3, -0.25) is 4.90 Å². The highest BCUT2D eigenvalue weighted by Gasteiger charge is 2.35. The van der Waals surface area contributed by atoms with Gasteiger partial charge in [-0.1, -0.05) is 36.2 Å². The second-order valence-electron chi connectivity index (χ2n) is 9.78.